The molecule has 0 aromatic rings. The van der Waals surface area contributed by atoms with Crippen LogP contribution in [0.4, 0.5) is 0 Å². The number of thioether (sulfide) groups is 1. The van der Waals surface area contributed by atoms with E-state index < -0.39 is 5.97 Å². The Morgan fingerprint density at radius 2 is 2.43 bits per heavy atom. The van der Waals surface area contributed by atoms with Crippen molar-refractivity contribution in [3.05, 3.63) is 0 Å². The number of carboxylic acid groups (broad SMARTS) is 1. The molecule has 0 amide bonds. The Balaban J connectivity index is -0.0000000417. The van der Waals surface area contributed by atoms with Gasteiger partial charge in [-0.05, 0) is 6.26 Å². The Labute approximate surface area is 65.8 Å². The van der Waals surface area contributed by atoms with E-state index in [0.29, 0.717) is 0 Å². The SMILES string of the molecule is CSCC(=O)O.[H-].[H-].[Mg+2]. The molecule has 0 aromatic heterocycles. The van der Waals surface area contributed by atoms with E-state index in [9.17, 15) is 4.79 Å². The second-order valence-electron chi connectivity index (χ2n) is 0.827. The molecule has 4 heteroatoms. The van der Waals surface area contributed by atoms with Crippen LogP contribution < -0.4 is 0 Å². The molecule has 0 aromatic carbocycles. The second kappa shape index (κ2) is 6.59. The Morgan fingerprint density at radius 1 is 2.00 bits per heavy atom. The molecule has 0 spiro atoms. The molecule has 0 aliphatic carbocycles. The van der Waals surface area contributed by atoms with Crippen LogP contribution >= 0.6 is 11.8 Å². The molecule has 40 valence electrons. The van der Waals surface area contributed by atoms with Gasteiger partial charge in [-0.15, -0.1) is 0 Å². The van der Waals surface area contributed by atoms with Gasteiger partial charge >= 0.3 is 29.0 Å². The van der Waals surface area contributed by atoms with Crippen LogP contribution in [0, 0.1) is 0 Å². The Hall–Kier alpha value is 0.586. The first-order valence-electron chi connectivity index (χ1n) is 1.48. The molecule has 0 aliphatic rings. The third-order valence-electron chi connectivity index (χ3n) is 0.268. The van der Waals surface area contributed by atoms with Crippen molar-refractivity contribution in [1.29, 1.82) is 0 Å². The monoisotopic (exact) mass is 132 g/mol. The predicted octanol–water partition coefficient (Wildman–Crippen LogP) is 0.278. The molecule has 0 atom stereocenters. The van der Waals surface area contributed by atoms with E-state index >= 15 is 0 Å². The van der Waals surface area contributed by atoms with E-state index in [0.717, 1.165) is 0 Å². The van der Waals surface area contributed by atoms with Gasteiger partial charge in [0.05, 0.1) is 5.75 Å². The summed E-state index contributed by atoms with van der Waals surface area (Å²) in [6, 6.07) is 0. The van der Waals surface area contributed by atoms with Crippen molar-refractivity contribution < 1.29 is 12.8 Å². The van der Waals surface area contributed by atoms with Crippen molar-refractivity contribution in [3.8, 4) is 0 Å². The van der Waals surface area contributed by atoms with Crippen LogP contribution in [0.1, 0.15) is 2.85 Å². The maximum absolute atomic E-state index is 9.58. The number of hydrogen-bond acceptors (Lipinski definition) is 2. The van der Waals surface area contributed by atoms with Crippen molar-refractivity contribution in [2.24, 2.45) is 0 Å². The van der Waals surface area contributed by atoms with E-state index in [4.69, 9.17) is 5.11 Å². The minimum absolute atomic E-state index is 0. The largest absolute Gasteiger partial charge is 2.00 e. The summed E-state index contributed by atoms with van der Waals surface area (Å²) >= 11 is 1.31. The summed E-state index contributed by atoms with van der Waals surface area (Å²) in [6.45, 7) is 0. The molecular formula is C3H8MgO2S. The first kappa shape index (κ1) is 10.5. The van der Waals surface area contributed by atoms with Crippen LogP contribution in [0.5, 0.6) is 0 Å². The van der Waals surface area contributed by atoms with Crippen molar-refractivity contribution in [2.75, 3.05) is 12.0 Å². The van der Waals surface area contributed by atoms with Gasteiger partial charge in [0.2, 0.25) is 0 Å². The molecule has 2 nitrogen and oxygen atoms in total. The molecule has 0 bridgehead atoms. The fourth-order valence-corrected chi connectivity index (χ4v) is 0.370. The fourth-order valence-electron chi connectivity index (χ4n) is 0.123. The van der Waals surface area contributed by atoms with Gasteiger partial charge in [-0.1, -0.05) is 0 Å². The molecule has 0 aliphatic heterocycles. The van der Waals surface area contributed by atoms with Gasteiger partial charge in [0.25, 0.3) is 0 Å². The first-order chi connectivity index (χ1) is 2.77. The zero-order valence-electron chi connectivity index (χ0n) is 6.18. The maximum atomic E-state index is 9.58. The molecule has 0 heterocycles. The molecular weight excluding hydrogens is 124 g/mol. The Kier molecular flexibility index (Phi) is 9.92. The number of hydrogen-bond donors (Lipinski definition) is 1. The van der Waals surface area contributed by atoms with Gasteiger partial charge in [-0.2, -0.15) is 11.8 Å². The van der Waals surface area contributed by atoms with Crippen LogP contribution in [-0.4, -0.2) is 46.1 Å². The Morgan fingerprint density at radius 3 is 2.43 bits per heavy atom. The summed E-state index contributed by atoms with van der Waals surface area (Å²) in [4.78, 5) is 9.58. The average Bonchev–Trinajstić information content (AvgIpc) is 1.35. The molecule has 0 rings (SSSR count). The summed E-state index contributed by atoms with van der Waals surface area (Å²) in [5, 5.41) is 7.89. The summed E-state index contributed by atoms with van der Waals surface area (Å²) in [5.74, 6) is -0.539. The molecule has 0 radical (unpaired) electrons. The molecule has 0 saturated carbocycles. The van der Waals surface area contributed by atoms with Gasteiger partial charge < -0.3 is 7.96 Å². The van der Waals surface area contributed by atoms with Gasteiger partial charge in [0.15, 0.2) is 0 Å². The standard InChI is InChI=1S/C3H6O2S.Mg.2H/c1-6-2-3(4)5;;;/h2H2,1H3,(H,4,5);;;/q;+2;2*-1. The number of carbonyl (C=O) groups is 1. The van der Waals surface area contributed by atoms with Crippen LogP contribution in [0.3, 0.4) is 0 Å². The minimum Gasteiger partial charge on any atom is -1.00 e. The van der Waals surface area contributed by atoms with Crippen LogP contribution in [0.2, 0.25) is 0 Å². The van der Waals surface area contributed by atoms with Crippen molar-refractivity contribution >= 4 is 40.8 Å². The average molecular weight is 132 g/mol. The van der Waals surface area contributed by atoms with E-state index in [1.54, 1.807) is 6.26 Å². The quantitative estimate of drug-likeness (QED) is 0.549. The predicted molar refractivity (Wildman–Crippen MR) is 34.0 cm³/mol. The zero-order chi connectivity index (χ0) is 4.99. The second-order valence-corrected chi connectivity index (χ2v) is 1.69. The van der Waals surface area contributed by atoms with Crippen molar-refractivity contribution in [1.82, 2.24) is 0 Å². The summed E-state index contributed by atoms with van der Waals surface area (Å²) in [7, 11) is 0. The van der Waals surface area contributed by atoms with Crippen LogP contribution in [0.15, 0.2) is 0 Å². The van der Waals surface area contributed by atoms with Gasteiger partial charge in [0.1, 0.15) is 0 Å². The van der Waals surface area contributed by atoms with Crippen molar-refractivity contribution in [2.45, 2.75) is 0 Å². The molecule has 1 N–H and O–H groups in total. The molecule has 7 heavy (non-hydrogen) atoms. The Bertz CT molecular complexity index is 63.8. The molecule has 0 saturated heterocycles. The third-order valence-corrected chi connectivity index (χ3v) is 0.803. The molecule has 0 fully saturated rings. The topological polar surface area (TPSA) is 37.3 Å². The summed E-state index contributed by atoms with van der Waals surface area (Å²) in [5.41, 5.74) is 0. The number of rotatable bonds is 2. The van der Waals surface area contributed by atoms with Crippen LogP contribution in [-0.2, 0) is 4.79 Å². The first-order valence-corrected chi connectivity index (χ1v) is 2.87. The maximum Gasteiger partial charge on any atom is 2.00 e. The van der Waals surface area contributed by atoms with Gasteiger partial charge in [0, 0.05) is 0 Å². The van der Waals surface area contributed by atoms with E-state index in [1.165, 1.54) is 11.8 Å². The third kappa shape index (κ3) is 10.8. The zero-order valence-corrected chi connectivity index (χ0v) is 6.41. The number of carboxylic acids is 1. The number of aliphatic carboxylic acids is 1. The summed E-state index contributed by atoms with van der Waals surface area (Å²) < 4.78 is 0. The summed E-state index contributed by atoms with van der Waals surface area (Å²) in [6.07, 6.45) is 1.76. The molecule has 0 unspecified atom stereocenters. The normalized spacial score (nSPS) is 7.00. The van der Waals surface area contributed by atoms with Gasteiger partial charge in [-0.25, -0.2) is 0 Å². The van der Waals surface area contributed by atoms with Crippen LogP contribution in [0.25, 0.3) is 0 Å². The van der Waals surface area contributed by atoms with E-state index in [1.807, 2.05) is 0 Å². The van der Waals surface area contributed by atoms with Crippen molar-refractivity contribution in [3.63, 3.8) is 0 Å². The van der Waals surface area contributed by atoms with Gasteiger partial charge in [-0.3, -0.25) is 4.79 Å². The minimum atomic E-state index is -0.748. The fraction of sp³-hybridized carbons (Fsp3) is 0.667. The van der Waals surface area contributed by atoms with E-state index in [-0.39, 0.29) is 31.7 Å². The van der Waals surface area contributed by atoms with E-state index in [2.05, 4.69) is 0 Å². The smallest absolute Gasteiger partial charge is 1.00 e.